The highest BCUT2D eigenvalue weighted by atomic mass is 19.1. The summed E-state index contributed by atoms with van der Waals surface area (Å²) in [6.07, 6.45) is 2.62. The van der Waals surface area contributed by atoms with Gasteiger partial charge in [-0.05, 0) is 56.0 Å². The minimum Gasteiger partial charge on any atom is -0.342 e. The number of benzene rings is 2. The Morgan fingerprint density at radius 2 is 1.87 bits per heavy atom. The van der Waals surface area contributed by atoms with Crippen molar-refractivity contribution in [3.8, 4) is 0 Å². The van der Waals surface area contributed by atoms with E-state index in [1.807, 2.05) is 12.1 Å². The lowest BCUT2D eigenvalue weighted by Gasteiger charge is -2.34. The third-order valence-corrected chi connectivity index (χ3v) is 5.99. The van der Waals surface area contributed by atoms with Gasteiger partial charge in [0.15, 0.2) is 0 Å². The molecular formula is C24H27F2N3O. The molecule has 1 aliphatic heterocycles. The molecule has 0 bridgehead atoms. The molecule has 1 aromatic heterocycles. The van der Waals surface area contributed by atoms with Crippen LogP contribution < -0.4 is 5.32 Å². The number of anilines is 1. The lowest BCUT2D eigenvalue weighted by Crippen LogP contribution is -2.36. The summed E-state index contributed by atoms with van der Waals surface area (Å²) in [5.74, 6) is -1.07. The molecule has 2 heterocycles. The second kappa shape index (κ2) is 8.56. The topological polar surface area (TPSA) is 37.3 Å². The monoisotopic (exact) mass is 411 g/mol. The molecule has 0 radical (unpaired) electrons. The maximum atomic E-state index is 13.9. The zero-order chi connectivity index (χ0) is 21.3. The van der Waals surface area contributed by atoms with Crippen molar-refractivity contribution in [1.29, 1.82) is 0 Å². The third-order valence-electron chi connectivity index (χ3n) is 5.99. The number of halogens is 2. The number of carbonyl (C=O) groups is 1. The van der Waals surface area contributed by atoms with Crippen molar-refractivity contribution in [1.82, 2.24) is 9.47 Å². The van der Waals surface area contributed by atoms with E-state index in [1.165, 1.54) is 24.1 Å². The number of fused-ring (bicyclic) bond motifs is 1. The van der Waals surface area contributed by atoms with Gasteiger partial charge in [0.2, 0.25) is 5.91 Å². The zero-order valence-corrected chi connectivity index (χ0v) is 17.4. The largest absolute Gasteiger partial charge is 0.342 e. The van der Waals surface area contributed by atoms with E-state index >= 15 is 0 Å². The molecule has 1 N–H and O–H groups in total. The van der Waals surface area contributed by atoms with Crippen molar-refractivity contribution >= 4 is 22.5 Å². The Labute approximate surface area is 175 Å². The molecule has 1 amide bonds. The first-order chi connectivity index (χ1) is 14.4. The van der Waals surface area contributed by atoms with Crippen molar-refractivity contribution < 1.29 is 13.6 Å². The smallest absolute Gasteiger partial charge is 0.221 e. The summed E-state index contributed by atoms with van der Waals surface area (Å²) in [6.45, 7) is 6.30. The number of hydrogen-bond donors (Lipinski definition) is 1. The van der Waals surface area contributed by atoms with Crippen molar-refractivity contribution in [3.05, 3.63) is 65.4 Å². The van der Waals surface area contributed by atoms with E-state index in [-0.39, 0.29) is 5.91 Å². The van der Waals surface area contributed by atoms with Gasteiger partial charge in [0, 0.05) is 55.4 Å². The molecule has 0 spiro atoms. The van der Waals surface area contributed by atoms with Gasteiger partial charge in [-0.15, -0.1) is 0 Å². The molecule has 1 fully saturated rings. The predicted octanol–water partition coefficient (Wildman–Crippen LogP) is 5.07. The molecule has 0 unspecified atom stereocenters. The van der Waals surface area contributed by atoms with Crippen LogP contribution in [-0.4, -0.2) is 35.0 Å². The molecule has 0 saturated carbocycles. The number of piperidine rings is 1. The maximum Gasteiger partial charge on any atom is 0.221 e. The van der Waals surface area contributed by atoms with Gasteiger partial charge in [-0.2, -0.15) is 0 Å². The van der Waals surface area contributed by atoms with E-state index in [0.717, 1.165) is 49.7 Å². The van der Waals surface area contributed by atoms with Crippen LogP contribution in [0.3, 0.4) is 0 Å². The second-order valence-corrected chi connectivity index (χ2v) is 8.17. The molecule has 30 heavy (non-hydrogen) atoms. The fourth-order valence-electron chi connectivity index (χ4n) is 4.53. The Bertz CT molecular complexity index is 1070. The third kappa shape index (κ3) is 4.38. The Balaban J connectivity index is 1.42. The van der Waals surface area contributed by atoms with Crippen LogP contribution in [0.15, 0.2) is 42.5 Å². The van der Waals surface area contributed by atoms with Crippen LogP contribution in [0.2, 0.25) is 0 Å². The summed E-state index contributed by atoms with van der Waals surface area (Å²) in [5, 5.41) is 4.05. The zero-order valence-electron chi connectivity index (χ0n) is 17.4. The van der Waals surface area contributed by atoms with E-state index < -0.39 is 11.6 Å². The molecule has 4 nitrogen and oxygen atoms in total. The van der Waals surface area contributed by atoms with Crippen LogP contribution in [-0.2, 0) is 11.2 Å². The number of aryl methyl sites for hydroxylation is 1. The summed E-state index contributed by atoms with van der Waals surface area (Å²) in [5.41, 5.74) is 3.74. The number of nitrogens with zero attached hydrogens (tertiary/aromatic N) is 2. The van der Waals surface area contributed by atoms with E-state index in [4.69, 9.17) is 0 Å². The highest BCUT2D eigenvalue weighted by Gasteiger charge is 2.23. The Hall–Kier alpha value is -2.73. The first kappa shape index (κ1) is 20.5. The van der Waals surface area contributed by atoms with E-state index in [2.05, 4.69) is 33.8 Å². The number of carbonyl (C=O) groups excluding carboxylic acids is 1. The number of amides is 1. The molecule has 0 atom stereocenters. The number of likely N-dealkylation sites (tertiary alicyclic amines) is 1. The first-order valence-corrected chi connectivity index (χ1v) is 10.5. The summed E-state index contributed by atoms with van der Waals surface area (Å²) >= 11 is 0. The summed E-state index contributed by atoms with van der Waals surface area (Å²) < 4.78 is 29.3. The number of aromatic nitrogens is 1. The normalized spacial score (nSPS) is 15.6. The molecule has 0 aliphatic carbocycles. The minimum atomic E-state index is -0.534. The standard InChI is InChI=1S/C24H27F2N3O/c1-16-13-19-4-6-21(27-17(2)30)15-24(19)29(16)22-8-11-28(12-9-22)10-7-18-3-5-20(25)14-23(18)26/h3-6,13-15,22H,7-12H2,1-2H3,(H,27,30). The molecule has 3 aromatic rings. The van der Waals surface area contributed by atoms with Crippen LogP contribution in [0.25, 0.3) is 10.9 Å². The molecule has 158 valence electrons. The first-order valence-electron chi connectivity index (χ1n) is 10.5. The average molecular weight is 411 g/mol. The lowest BCUT2D eigenvalue weighted by molar-refractivity contribution is -0.114. The van der Waals surface area contributed by atoms with Gasteiger partial charge >= 0.3 is 0 Å². The van der Waals surface area contributed by atoms with Crippen LogP contribution in [0.1, 0.15) is 37.1 Å². The summed E-state index contributed by atoms with van der Waals surface area (Å²) in [4.78, 5) is 13.8. The number of rotatable bonds is 5. The molecule has 1 saturated heterocycles. The second-order valence-electron chi connectivity index (χ2n) is 8.17. The van der Waals surface area contributed by atoms with Crippen molar-refractivity contribution in [2.75, 3.05) is 25.0 Å². The fourth-order valence-corrected chi connectivity index (χ4v) is 4.53. The molecular weight excluding hydrogens is 384 g/mol. The van der Waals surface area contributed by atoms with Gasteiger partial charge in [-0.1, -0.05) is 12.1 Å². The van der Waals surface area contributed by atoms with E-state index in [1.54, 1.807) is 6.07 Å². The van der Waals surface area contributed by atoms with Crippen LogP contribution in [0.4, 0.5) is 14.5 Å². The predicted molar refractivity (Wildman–Crippen MR) is 116 cm³/mol. The Kier molecular flexibility index (Phi) is 5.86. The molecule has 2 aromatic carbocycles. The highest BCUT2D eigenvalue weighted by Crippen LogP contribution is 2.32. The van der Waals surface area contributed by atoms with Gasteiger partial charge in [-0.25, -0.2) is 8.78 Å². The van der Waals surface area contributed by atoms with Crippen LogP contribution >= 0.6 is 0 Å². The maximum absolute atomic E-state index is 13.9. The average Bonchev–Trinajstić information content (AvgIpc) is 3.02. The van der Waals surface area contributed by atoms with Gasteiger partial charge in [0.25, 0.3) is 0 Å². The lowest BCUT2D eigenvalue weighted by atomic mass is 10.0. The van der Waals surface area contributed by atoms with Gasteiger partial charge in [0.1, 0.15) is 11.6 Å². The SMILES string of the molecule is CC(=O)Nc1ccc2cc(C)n(C3CCN(CCc4ccc(F)cc4F)CC3)c2c1. The molecule has 1 aliphatic rings. The van der Waals surface area contributed by atoms with Crippen molar-refractivity contribution in [2.24, 2.45) is 0 Å². The number of hydrogen-bond acceptors (Lipinski definition) is 2. The van der Waals surface area contributed by atoms with Gasteiger partial charge in [-0.3, -0.25) is 4.79 Å². The Morgan fingerprint density at radius 1 is 1.10 bits per heavy atom. The summed E-state index contributed by atoms with van der Waals surface area (Å²) in [7, 11) is 0. The molecule has 6 heteroatoms. The van der Waals surface area contributed by atoms with Crippen LogP contribution in [0.5, 0.6) is 0 Å². The molecule has 4 rings (SSSR count). The number of nitrogens with one attached hydrogen (secondary N) is 1. The minimum absolute atomic E-state index is 0.0740. The fraction of sp³-hybridized carbons (Fsp3) is 0.375. The van der Waals surface area contributed by atoms with E-state index in [9.17, 15) is 13.6 Å². The van der Waals surface area contributed by atoms with E-state index in [0.29, 0.717) is 18.0 Å². The van der Waals surface area contributed by atoms with Gasteiger partial charge in [0.05, 0.1) is 5.52 Å². The van der Waals surface area contributed by atoms with Crippen molar-refractivity contribution in [3.63, 3.8) is 0 Å². The van der Waals surface area contributed by atoms with Gasteiger partial charge < -0.3 is 14.8 Å². The van der Waals surface area contributed by atoms with Crippen LogP contribution in [0, 0.1) is 18.6 Å². The Morgan fingerprint density at radius 3 is 2.57 bits per heavy atom. The summed E-state index contributed by atoms with van der Waals surface area (Å²) in [6, 6.07) is 12.4. The van der Waals surface area contributed by atoms with Crippen molar-refractivity contribution in [2.45, 2.75) is 39.2 Å². The highest BCUT2D eigenvalue weighted by molar-refractivity contribution is 5.92. The quantitative estimate of drug-likeness (QED) is 0.637.